The summed E-state index contributed by atoms with van der Waals surface area (Å²) >= 11 is 0. The lowest BCUT2D eigenvalue weighted by molar-refractivity contribution is 0.464. The molecule has 0 saturated carbocycles. The van der Waals surface area contributed by atoms with Gasteiger partial charge >= 0.3 is 0 Å². The van der Waals surface area contributed by atoms with Crippen molar-refractivity contribution in [3.8, 4) is 0 Å². The van der Waals surface area contributed by atoms with E-state index in [0.29, 0.717) is 6.07 Å². The molecule has 0 aliphatic heterocycles. The largest absolute Gasteiger partial charge is 0.264 e. The lowest BCUT2D eigenvalue weighted by Gasteiger charge is -2.03. The summed E-state index contributed by atoms with van der Waals surface area (Å²) in [5.41, 5.74) is -0.591. The maximum absolute atomic E-state index is 12.9. The van der Waals surface area contributed by atoms with E-state index in [1.54, 1.807) is 0 Å². The van der Waals surface area contributed by atoms with Gasteiger partial charge in [0, 0.05) is 16.2 Å². The van der Waals surface area contributed by atoms with Gasteiger partial charge in [-0.3, -0.25) is 0 Å². The minimum absolute atomic E-state index is 0.343. The van der Waals surface area contributed by atoms with Crippen molar-refractivity contribution in [3.63, 3.8) is 0 Å². The van der Waals surface area contributed by atoms with E-state index in [2.05, 4.69) is 0 Å². The van der Waals surface area contributed by atoms with Crippen molar-refractivity contribution in [1.82, 2.24) is 0 Å². The summed E-state index contributed by atoms with van der Waals surface area (Å²) < 4.78 is 59.9. The van der Waals surface area contributed by atoms with Gasteiger partial charge < -0.3 is 0 Å². The van der Waals surface area contributed by atoms with Crippen LogP contribution in [0.5, 0.6) is 0 Å². The van der Waals surface area contributed by atoms with Crippen LogP contribution in [0.4, 0.5) is 13.2 Å². The van der Waals surface area contributed by atoms with E-state index in [-0.39, 0.29) is 0 Å². The minimum Gasteiger partial charge on any atom is -0.207 e. The lowest BCUT2D eigenvalue weighted by Crippen LogP contribution is -2.03. The molecule has 0 aliphatic rings. The summed E-state index contributed by atoms with van der Waals surface area (Å²) in [6, 6.07) is 0.343. The standard InChI is InChI=1S/C7H4ClF3O2S/c1-3-4(9)2-5(14(8,12)13)7(11)6(3)10/h2H,1H3. The van der Waals surface area contributed by atoms with Crippen LogP contribution in [0.2, 0.25) is 0 Å². The van der Waals surface area contributed by atoms with Gasteiger partial charge in [-0.2, -0.15) is 0 Å². The first-order valence-corrected chi connectivity index (χ1v) is 5.65. The molecule has 0 spiro atoms. The highest BCUT2D eigenvalue weighted by molar-refractivity contribution is 8.13. The Labute approximate surface area is 82.7 Å². The van der Waals surface area contributed by atoms with E-state index < -0.39 is 37.0 Å². The van der Waals surface area contributed by atoms with Crippen LogP contribution in [0.25, 0.3) is 0 Å². The maximum atomic E-state index is 12.9. The predicted octanol–water partition coefficient (Wildman–Crippen LogP) is 2.34. The Morgan fingerprint density at radius 1 is 1.21 bits per heavy atom. The highest BCUT2D eigenvalue weighted by atomic mass is 35.7. The van der Waals surface area contributed by atoms with Crippen molar-refractivity contribution in [2.24, 2.45) is 0 Å². The first-order valence-electron chi connectivity index (χ1n) is 3.34. The Morgan fingerprint density at radius 3 is 2.14 bits per heavy atom. The number of hydrogen-bond donors (Lipinski definition) is 0. The number of benzene rings is 1. The third-order valence-corrected chi connectivity index (χ3v) is 2.94. The summed E-state index contributed by atoms with van der Waals surface area (Å²) in [4.78, 5) is -1.19. The van der Waals surface area contributed by atoms with Gasteiger partial charge in [0.25, 0.3) is 9.05 Å². The zero-order valence-electron chi connectivity index (χ0n) is 6.81. The van der Waals surface area contributed by atoms with Crippen LogP contribution in [-0.4, -0.2) is 8.42 Å². The normalized spacial score (nSPS) is 11.8. The first kappa shape index (κ1) is 11.3. The van der Waals surface area contributed by atoms with Crippen molar-refractivity contribution in [2.75, 3.05) is 0 Å². The lowest BCUT2D eigenvalue weighted by atomic mass is 10.2. The summed E-state index contributed by atoms with van der Waals surface area (Å²) in [6.45, 7) is 0.985. The summed E-state index contributed by atoms with van der Waals surface area (Å²) in [6.07, 6.45) is 0. The molecule has 2 nitrogen and oxygen atoms in total. The van der Waals surface area contributed by atoms with Gasteiger partial charge in [0.1, 0.15) is 10.7 Å². The van der Waals surface area contributed by atoms with Gasteiger partial charge in [0.15, 0.2) is 11.6 Å². The van der Waals surface area contributed by atoms with Crippen LogP contribution in [0.1, 0.15) is 5.56 Å². The minimum atomic E-state index is -4.48. The van der Waals surface area contributed by atoms with E-state index in [1.807, 2.05) is 0 Å². The molecular formula is C7H4ClF3O2S. The molecule has 0 bridgehead atoms. The quantitative estimate of drug-likeness (QED) is 0.561. The van der Waals surface area contributed by atoms with Crippen LogP contribution >= 0.6 is 10.7 Å². The van der Waals surface area contributed by atoms with Crippen molar-refractivity contribution < 1.29 is 21.6 Å². The Kier molecular flexibility index (Phi) is 2.78. The molecule has 0 fully saturated rings. The molecule has 0 radical (unpaired) electrons. The van der Waals surface area contributed by atoms with E-state index >= 15 is 0 Å². The molecule has 0 heterocycles. The van der Waals surface area contributed by atoms with E-state index in [9.17, 15) is 21.6 Å². The number of rotatable bonds is 1. The van der Waals surface area contributed by atoms with Crippen LogP contribution < -0.4 is 0 Å². The molecule has 1 rings (SSSR count). The number of halogens is 4. The zero-order chi connectivity index (χ0) is 11.1. The highest BCUT2D eigenvalue weighted by Crippen LogP contribution is 2.25. The number of hydrogen-bond acceptors (Lipinski definition) is 2. The molecule has 0 aromatic heterocycles. The van der Waals surface area contributed by atoms with Gasteiger partial charge in [-0.15, -0.1) is 0 Å². The fourth-order valence-electron chi connectivity index (χ4n) is 0.842. The monoisotopic (exact) mass is 244 g/mol. The van der Waals surface area contributed by atoms with Crippen molar-refractivity contribution in [2.45, 2.75) is 11.8 Å². The summed E-state index contributed by atoms with van der Waals surface area (Å²) in [5, 5.41) is 0. The van der Waals surface area contributed by atoms with Crippen LogP contribution in [0.3, 0.4) is 0 Å². The molecule has 14 heavy (non-hydrogen) atoms. The van der Waals surface area contributed by atoms with Crippen LogP contribution in [0, 0.1) is 24.4 Å². The van der Waals surface area contributed by atoms with Gasteiger partial charge in [-0.1, -0.05) is 0 Å². The molecule has 1 aromatic rings. The average Bonchev–Trinajstić information content (AvgIpc) is 2.06. The molecule has 0 saturated heterocycles. The molecule has 7 heteroatoms. The van der Waals surface area contributed by atoms with Crippen molar-refractivity contribution in [1.29, 1.82) is 0 Å². The molecule has 0 amide bonds. The zero-order valence-corrected chi connectivity index (χ0v) is 8.39. The Hall–Kier alpha value is -0.750. The van der Waals surface area contributed by atoms with Crippen LogP contribution in [0.15, 0.2) is 11.0 Å². The summed E-state index contributed by atoms with van der Waals surface area (Å²) in [5.74, 6) is -4.38. The third kappa shape index (κ3) is 1.85. The topological polar surface area (TPSA) is 34.1 Å². The second kappa shape index (κ2) is 3.43. The first-order chi connectivity index (χ1) is 6.25. The van der Waals surface area contributed by atoms with E-state index in [0.717, 1.165) is 6.92 Å². The van der Waals surface area contributed by atoms with Crippen LogP contribution in [-0.2, 0) is 9.05 Å². The average molecular weight is 245 g/mol. The Morgan fingerprint density at radius 2 is 1.71 bits per heavy atom. The van der Waals surface area contributed by atoms with Gasteiger partial charge in [-0.25, -0.2) is 21.6 Å². The second-order valence-corrected chi connectivity index (χ2v) is 5.08. The maximum Gasteiger partial charge on any atom is 0.264 e. The molecular weight excluding hydrogens is 241 g/mol. The van der Waals surface area contributed by atoms with Gasteiger partial charge in [0.05, 0.1) is 0 Å². The molecule has 0 aliphatic carbocycles. The predicted molar refractivity (Wildman–Crippen MR) is 44.1 cm³/mol. The van der Waals surface area contributed by atoms with E-state index in [1.165, 1.54) is 0 Å². The Bertz CT molecular complexity index is 484. The van der Waals surface area contributed by atoms with E-state index in [4.69, 9.17) is 10.7 Å². The van der Waals surface area contributed by atoms with Gasteiger partial charge in [0.2, 0.25) is 0 Å². The molecule has 0 unspecified atom stereocenters. The molecule has 0 N–H and O–H groups in total. The fraction of sp³-hybridized carbons (Fsp3) is 0.143. The second-order valence-electron chi connectivity index (χ2n) is 2.55. The summed E-state index contributed by atoms with van der Waals surface area (Å²) in [7, 11) is 0.281. The molecule has 78 valence electrons. The third-order valence-electron chi connectivity index (χ3n) is 1.62. The van der Waals surface area contributed by atoms with Crippen molar-refractivity contribution in [3.05, 3.63) is 29.1 Å². The van der Waals surface area contributed by atoms with Crippen molar-refractivity contribution >= 4 is 19.7 Å². The highest BCUT2D eigenvalue weighted by Gasteiger charge is 2.23. The smallest absolute Gasteiger partial charge is 0.207 e. The molecule has 0 atom stereocenters. The SMILES string of the molecule is Cc1c(F)cc(S(=O)(=O)Cl)c(F)c1F. The Balaban J connectivity index is 3.66. The van der Waals surface area contributed by atoms with Gasteiger partial charge in [-0.05, 0) is 13.0 Å². The molecule has 1 aromatic carbocycles. The fourth-order valence-corrected chi connectivity index (χ4v) is 1.73.